The van der Waals surface area contributed by atoms with Crippen molar-refractivity contribution in [1.29, 1.82) is 10.5 Å². The Hall–Kier alpha value is -6.17. The molecule has 0 amide bonds. The van der Waals surface area contributed by atoms with E-state index in [0.29, 0.717) is 0 Å². The average Bonchev–Trinajstić information content (AvgIpc) is 2.97. The van der Waals surface area contributed by atoms with Gasteiger partial charge in [0.1, 0.15) is 40.6 Å². The summed E-state index contributed by atoms with van der Waals surface area (Å²) in [6, 6.07) is 19.5. The zero-order chi connectivity index (χ0) is 30.7. The van der Waals surface area contributed by atoms with Gasteiger partial charge in [0, 0.05) is 0 Å². The van der Waals surface area contributed by atoms with Gasteiger partial charge in [-0.2, -0.15) is 23.7 Å². The zero-order valence-corrected chi connectivity index (χ0v) is 21.8. The van der Waals surface area contributed by atoms with Gasteiger partial charge in [-0.05, 0) is 72.6 Å². The molecular weight excluding hydrogens is 545 g/mol. The molecule has 1 atom stereocenters. The summed E-state index contributed by atoms with van der Waals surface area (Å²) in [6.07, 6.45) is -4.77. The van der Waals surface area contributed by atoms with Crippen LogP contribution in [0.2, 0.25) is 0 Å². The Bertz CT molecular complexity index is 1750. The second-order valence-electron chi connectivity index (χ2n) is 9.14. The fourth-order valence-corrected chi connectivity index (χ4v) is 4.18. The number of nitrogen functional groups attached to an aromatic ring is 2. The average molecular weight is 565 g/mol. The van der Waals surface area contributed by atoms with Crippen LogP contribution in [-0.4, -0.2) is 6.18 Å². The standard InChI is InChI=1S/C31H19F3N6O2/c1-30(31(32,33)34,20-5-10-28(24(37)13-20)41-22-7-4-18(16-35)19(12-22)17-36)21-6-11-29(25(38)14-21)42-23-8-9-26(39-2)27(15-23)40-3/h4-15H,37-38H2,1H3. The molecule has 0 saturated carbocycles. The van der Waals surface area contributed by atoms with Crippen molar-refractivity contribution in [3.63, 3.8) is 0 Å². The van der Waals surface area contributed by atoms with Crippen LogP contribution in [0.3, 0.4) is 0 Å². The Balaban J connectivity index is 1.68. The second kappa shape index (κ2) is 11.1. The van der Waals surface area contributed by atoms with E-state index in [4.69, 9.17) is 39.3 Å². The molecular formula is C31H19F3N6O2. The third kappa shape index (κ3) is 5.31. The van der Waals surface area contributed by atoms with Crippen molar-refractivity contribution >= 4 is 22.7 Å². The number of hydrogen-bond acceptors (Lipinski definition) is 6. The van der Waals surface area contributed by atoms with E-state index < -0.39 is 11.6 Å². The molecule has 4 aromatic rings. The zero-order valence-electron chi connectivity index (χ0n) is 21.8. The molecule has 0 bridgehead atoms. The second-order valence-corrected chi connectivity index (χ2v) is 9.14. The highest BCUT2D eigenvalue weighted by Gasteiger charge is 2.53. The summed E-state index contributed by atoms with van der Waals surface area (Å²) in [6.45, 7) is 15.3. The van der Waals surface area contributed by atoms with Crippen molar-refractivity contribution < 1.29 is 22.6 Å². The fourth-order valence-electron chi connectivity index (χ4n) is 4.18. The molecule has 0 aliphatic carbocycles. The number of hydrogen-bond donors (Lipinski definition) is 2. The van der Waals surface area contributed by atoms with E-state index in [2.05, 4.69) is 9.69 Å². The van der Waals surface area contributed by atoms with Gasteiger partial charge in [0.05, 0.1) is 35.6 Å². The molecule has 0 heterocycles. The van der Waals surface area contributed by atoms with E-state index in [0.717, 1.165) is 19.1 Å². The molecule has 4 N–H and O–H groups in total. The van der Waals surface area contributed by atoms with Crippen LogP contribution in [0.1, 0.15) is 29.2 Å². The van der Waals surface area contributed by atoms with Crippen molar-refractivity contribution in [3.05, 3.63) is 118 Å². The molecule has 0 aliphatic rings. The smallest absolute Gasteiger partial charge is 0.402 e. The minimum Gasteiger partial charge on any atom is -0.457 e. The molecule has 0 aliphatic heterocycles. The Morgan fingerprint density at radius 1 is 0.690 bits per heavy atom. The molecule has 11 heteroatoms. The molecule has 0 radical (unpaired) electrons. The lowest BCUT2D eigenvalue weighted by Crippen LogP contribution is -2.40. The summed E-state index contributed by atoms with van der Waals surface area (Å²) in [4.78, 5) is 6.53. The summed E-state index contributed by atoms with van der Waals surface area (Å²) >= 11 is 0. The summed E-state index contributed by atoms with van der Waals surface area (Å²) < 4.78 is 55.5. The molecule has 4 aromatic carbocycles. The maximum atomic E-state index is 14.7. The van der Waals surface area contributed by atoms with E-state index in [9.17, 15) is 18.4 Å². The minimum absolute atomic E-state index is 0.0585. The van der Waals surface area contributed by atoms with E-state index in [1.54, 1.807) is 0 Å². The van der Waals surface area contributed by atoms with Crippen molar-refractivity contribution in [1.82, 2.24) is 0 Å². The minimum atomic E-state index is -4.77. The number of nitrogens with zero attached hydrogens (tertiary/aromatic N) is 4. The number of rotatable bonds is 6. The molecule has 0 spiro atoms. The number of benzene rings is 4. The van der Waals surface area contributed by atoms with Gasteiger partial charge in [0.15, 0.2) is 11.4 Å². The maximum absolute atomic E-state index is 14.7. The number of nitriles is 2. The Kier molecular flexibility index (Phi) is 7.64. The first-order valence-electron chi connectivity index (χ1n) is 12.0. The molecule has 0 saturated heterocycles. The lowest BCUT2D eigenvalue weighted by Gasteiger charge is -2.34. The predicted octanol–water partition coefficient (Wildman–Crippen LogP) is 8.15. The van der Waals surface area contributed by atoms with Crippen molar-refractivity contribution in [2.45, 2.75) is 18.5 Å². The van der Waals surface area contributed by atoms with Crippen LogP contribution in [0.25, 0.3) is 9.69 Å². The van der Waals surface area contributed by atoms with Crippen LogP contribution < -0.4 is 20.9 Å². The largest absolute Gasteiger partial charge is 0.457 e. The van der Waals surface area contributed by atoms with Crippen LogP contribution in [-0.2, 0) is 5.41 Å². The number of halogens is 3. The first-order chi connectivity index (χ1) is 19.9. The molecule has 42 heavy (non-hydrogen) atoms. The maximum Gasteiger partial charge on any atom is 0.402 e. The predicted molar refractivity (Wildman–Crippen MR) is 149 cm³/mol. The third-order valence-electron chi connectivity index (χ3n) is 6.62. The van der Waals surface area contributed by atoms with Crippen molar-refractivity contribution in [3.8, 4) is 35.1 Å². The lowest BCUT2D eigenvalue weighted by atomic mass is 9.75. The van der Waals surface area contributed by atoms with Crippen LogP contribution in [0, 0.1) is 35.8 Å². The van der Waals surface area contributed by atoms with Gasteiger partial charge < -0.3 is 20.9 Å². The molecule has 8 nitrogen and oxygen atoms in total. The molecule has 4 rings (SSSR count). The van der Waals surface area contributed by atoms with Crippen molar-refractivity contribution in [2.75, 3.05) is 11.5 Å². The number of ether oxygens (including phenoxy) is 2. The quantitative estimate of drug-likeness (QED) is 0.180. The number of alkyl halides is 3. The van der Waals surface area contributed by atoms with Crippen molar-refractivity contribution in [2.24, 2.45) is 0 Å². The van der Waals surface area contributed by atoms with Gasteiger partial charge in [0.25, 0.3) is 0 Å². The van der Waals surface area contributed by atoms with Gasteiger partial charge >= 0.3 is 6.18 Å². The number of nitrogens with two attached hydrogens (primary N) is 2. The highest BCUT2D eigenvalue weighted by Crippen LogP contribution is 2.49. The topological polar surface area (TPSA) is 127 Å². The Morgan fingerprint density at radius 3 is 1.64 bits per heavy atom. The van der Waals surface area contributed by atoms with E-state index >= 15 is 0 Å². The number of anilines is 2. The molecule has 1 unspecified atom stereocenters. The Labute approximate surface area is 239 Å². The first-order valence-corrected chi connectivity index (χ1v) is 12.0. The summed E-state index contributed by atoms with van der Waals surface area (Å²) in [5.74, 6) is 0.499. The van der Waals surface area contributed by atoms with Gasteiger partial charge in [0.2, 0.25) is 0 Å². The van der Waals surface area contributed by atoms with Gasteiger partial charge in [-0.15, -0.1) is 0 Å². The summed E-state index contributed by atoms with van der Waals surface area (Å²) in [5, 5.41) is 18.3. The first kappa shape index (κ1) is 28.8. The summed E-state index contributed by atoms with van der Waals surface area (Å²) in [7, 11) is 0. The monoisotopic (exact) mass is 564 g/mol. The van der Waals surface area contributed by atoms with Gasteiger partial charge in [-0.3, -0.25) is 4.85 Å². The normalized spacial score (nSPS) is 12.1. The summed E-state index contributed by atoms with van der Waals surface area (Å²) in [5.41, 5.74) is 9.58. The SMILES string of the molecule is [C-]#[N+]c1ccc(Oc2ccc(C(C)(c3ccc(Oc4ccc(C#N)c(C#N)c4)c(N)c3)C(F)(F)F)cc2N)cc1[N+]#[C-]. The lowest BCUT2D eigenvalue weighted by molar-refractivity contribution is -0.173. The van der Waals surface area contributed by atoms with E-state index in [1.165, 1.54) is 60.7 Å². The van der Waals surface area contributed by atoms with Crippen LogP contribution >= 0.6 is 0 Å². The molecule has 206 valence electrons. The Morgan fingerprint density at radius 2 is 1.19 bits per heavy atom. The van der Waals surface area contributed by atoms with E-state index in [1.807, 2.05) is 12.1 Å². The highest BCUT2D eigenvalue weighted by atomic mass is 19.4. The van der Waals surface area contributed by atoms with Crippen LogP contribution in [0.5, 0.6) is 23.0 Å². The fraction of sp³-hybridized carbons (Fsp3) is 0.0968. The highest BCUT2D eigenvalue weighted by molar-refractivity contribution is 5.72. The van der Waals surface area contributed by atoms with Crippen LogP contribution in [0.15, 0.2) is 72.8 Å². The van der Waals surface area contributed by atoms with Crippen LogP contribution in [0.4, 0.5) is 35.9 Å². The van der Waals surface area contributed by atoms with Gasteiger partial charge in [-0.1, -0.05) is 18.2 Å². The third-order valence-corrected chi connectivity index (χ3v) is 6.62. The van der Waals surface area contributed by atoms with Gasteiger partial charge in [-0.25, -0.2) is 4.85 Å². The molecule has 0 aromatic heterocycles. The van der Waals surface area contributed by atoms with E-state index in [-0.39, 0.29) is 68.0 Å². The molecule has 0 fully saturated rings.